The fourth-order valence-electron chi connectivity index (χ4n) is 1.41. The van der Waals surface area contributed by atoms with Gasteiger partial charge in [-0.15, -0.1) is 0 Å². The van der Waals surface area contributed by atoms with Gasteiger partial charge in [-0.1, -0.05) is 12.1 Å². The topological polar surface area (TPSA) is 55.1 Å². The van der Waals surface area contributed by atoms with Gasteiger partial charge in [0, 0.05) is 13.0 Å². The van der Waals surface area contributed by atoms with Gasteiger partial charge in [-0.3, -0.25) is 4.79 Å². The van der Waals surface area contributed by atoms with Gasteiger partial charge in [0.15, 0.2) is 0 Å². The number of benzene rings is 1. The zero-order valence-corrected chi connectivity index (χ0v) is 9.76. The number of halogens is 3. The van der Waals surface area contributed by atoms with E-state index in [4.69, 9.17) is 5.73 Å². The minimum absolute atomic E-state index is 0.0906. The van der Waals surface area contributed by atoms with E-state index in [1.165, 1.54) is 6.07 Å². The first kappa shape index (κ1) is 14.5. The van der Waals surface area contributed by atoms with Crippen LogP contribution in [0.3, 0.4) is 0 Å². The third-order valence-corrected chi connectivity index (χ3v) is 2.35. The number of amides is 1. The average Bonchev–Trinajstić information content (AvgIpc) is 2.33. The average molecular weight is 260 g/mol. The van der Waals surface area contributed by atoms with Gasteiger partial charge in [-0.2, -0.15) is 13.2 Å². The molecule has 0 unspecified atom stereocenters. The number of nitrogens with one attached hydrogen (secondary N) is 1. The van der Waals surface area contributed by atoms with Crippen LogP contribution < -0.4 is 11.1 Å². The molecule has 0 aliphatic rings. The molecule has 0 heterocycles. The van der Waals surface area contributed by atoms with Crippen LogP contribution in [0.2, 0.25) is 0 Å². The van der Waals surface area contributed by atoms with Crippen LogP contribution in [0.25, 0.3) is 0 Å². The van der Waals surface area contributed by atoms with Gasteiger partial charge in [0.05, 0.1) is 5.56 Å². The lowest BCUT2D eigenvalue weighted by Gasteiger charge is -2.09. The number of rotatable bonds is 5. The van der Waals surface area contributed by atoms with Crippen LogP contribution in [0.15, 0.2) is 24.3 Å². The fraction of sp³-hybridized carbons (Fsp3) is 0.417. The molecule has 0 saturated heterocycles. The zero-order chi connectivity index (χ0) is 13.6. The molecule has 1 aromatic carbocycles. The molecule has 18 heavy (non-hydrogen) atoms. The van der Waals surface area contributed by atoms with E-state index in [0.29, 0.717) is 18.5 Å². The molecule has 0 fully saturated rings. The third-order valence-electron chi connectivity index (χ3n) is 2.35. The summed E-state index contributed by atoms with van der Waals surface area (Å²) in [6.45, 7) is 0.504. The lowest BCUT2D eigenvalue weighted by atomic mass is 10.1. The van der Waals surface area contributed by atoms with Gasteiger partial charge in [0.25, 0.3) is 0 Å². The summed E-state index contributed by atoms with van der Waals surface area (Å²) >= 11 is 0. The summed E-state index contributed by atoms with van der Waals surface area (Å²) in [5.41, 5.74) is 4.96. The Morgan fingerprint density at radius 1 is 1.33 bits per heavy atom. The summed E-state index contributed by atoms with van der Waals surface area (Å²) < 4.78 is 37.3. The molecule has 0 aliphatic heterocycles. The minimum Gasteiger partial charge on any atom is -0.352 e. The van der Waals surface area contributed by atoms with Gasteiger partial charge in [-0.25, -0.2) is 0 Å². The summed E-state index contributed by atoms with van der Waals surface area (Å²) in [6.07, 6.45) is -3.51. The van der Waals surface area contributed by atoms with Crippen molar-refractivity contribution in [2.75, 3.05) is 6.54 Å². The van der Waals surface area contributed by atoms with Gasteiger partial charge < -0.3 is 11.1 Å². The van der Waals surface area contributed by atoms with Crippen molar-refractivity contribution in [3.63, 3.8) is 0 Å². The standard InChI is InChI=1S/C12H15F3N2O/c13-12(14,15)10-4-1-3-9(7-10)8-17-11(18)5-2-6-16/h1,3-4,7H,2,5-6,8,16H2,(H,17,18). The summed E-state index contributed by atoms with van der Waals surface area (Å²) in [6, 6.07) is 4.89. The molecule has 1 rings (SSSR count). The van der Waals surface area contributed by atoms with E-state index in [1.54, 1.807) is 6.07 Å². The zero-order valence-electron chi connectivity index (χ0n) is 9.76. The Bertz CT molecular complexity index is 405. The van der Waals surface area contributed by atoms with Crippen LogP contribution >= 0.6 is 0 Å². The van der Waals surface area contributed by atoms with E-state index < -0.39 is 11.7 Å². The second-order valence-electron chi connectivity index (χ2n) is 3.87. The first-order chi connectivity index (χ1) is 8.43. The smallest absolute Gasteiger partial charge is 0.352 e. The third kappa shape index (κ3) is 4.75. The predicted molar refractivity (Wildman–Crippen MR) is 61.6 cm³/mol. The molecule has 3 N–H and O–H groups in total. The van der Waals surface area contributed by atoms with Crippen molar-refractivity contribution in [3.05, 3.63) is 35.4 Å². The van der Waals surface area contributed by atoms with E-state index in [2.05, 4.69) is 5.32 Å². The first-order valence-corrected chi connectivity index (χ1v) is 5.56. The molecule has 100 valence electrons. The highest BCUT2D eigenvalue weighted by atomic mass is 19.4. The second-order valence-corrected chi connectivity index (χ2v) is 3.87. The Hall–Kier alpha value is -1.56. The number of nitrogens with two attached hydrogens (primary N) is 1. The second kappa shape index (κ2) is 6.39. The molecule has 1 aromatic rings. The van der Waals surface area contributed by atoms with Crippen molar-refractivity contribution in [2.45, 2.75) is 25.6 Å². The molecule has 3 nitrogen and oxygen atoms in total. The maximum absolute atomic E-state index is 12.4. The van der Waals surface area contributed by atoms with Crippen molar-refractivity contribution in [1.29, 1.82) is 0 Å². The monoisotopic (exact) mass is 260 g/mol. The van der Waals surface area contributed by atoms with Crippen molar-refractivity contribution in [3.8, 4) is 0 Å². The summed E-state index contributed by atoms with van der Waals surface area (Å²) in [5.74, 6) is -0.210. The number of alkyl halides is 3. The Morgan fingerprint density at radius 2 is 2.06 bits per heavy atom. The first-order valence-electron chi connectivity index (χ1n) is 5.56. The molecule has 0 atom stereocenters. The van der Waals surface area contributed by atoms with E-state index in [-0.39, 0.29) is 18.9 Å². The Balaban J connectivity index is 2.55. The number of carbonyl (C=O) groups excluding carboxylic acids is 1. The van der Waals surface area contributed by atoms with Crippen LogP contribution in [0.5, 0.6) is 0 Å². The van der Waals surface area contributed by atoms with E-state index in [1.807, 2.05) is 0 Å². The normalized spacial score (nSPS) is 11.3. The summed E-state index contributed by atoms with van der Waals surface area (Å²) in [5, 5.41) is 2.55. The Kier molecular flexibility index (Phi) is 5.15. The highest BCUT2D eigenvalue weighted by Gasteiger charge is 2.30. The molecule has 0 radical (unpaired) electrons. The molecule has 0 aliphatic carbocycles. The van der Waals surface area contributed by atoms with Crippen LogP contribution in [-0.4, -0.2) is 12.5 Å². The molecular formula is C12H15F3N2O. The van der Waals surface area contributed by atoms with Crippen LogP contribution in [-0.2, 0) is 17.5 Å². The molecule has 0 saturated carbocycles. The van der Waals surface area contributed by atoms with Crippen molar-refractivity contribution >= 4 is 5.91 Å². The van der Waals surface area contributed by atoms with Crippen LogP contribution in [0.1, 0.15) is 24.0 Å². The SMILES string of the molecule is NCCCC(=O)NCc1cccc(C(F)(F)F)c1. The van der Waals surface area contributed by atoms with E-state index >= 15 is 0 Å². The van der Waals surface area contributed by atoms with Crippen molar-refractivity contribution in [2.24, 2.45) is 5.73 Å². The molecule has 0 aromatic heterocycles. The van der Waals surface area contributed by atoms with E-state index in [9.17, 15) is 18.0 Å². The van der Waals surface area contributed by atoms with Crippen LogP contribution in [0.4, 0.5) is 13.2 Å². The van der Waals surface area contributed by atoms with E-state index in [0.717, 1.165) is 12.1 Å². The maximum Gasteiger partial charge on any atom is 0.416 e. The van der Waals surface area contributed by atoms with Crippen molar-refractivity contribution in [1.82, 2.24) is 5.32 Å². The fourth-order valence-corrected chi connectivity index (χ4v) is 1.41. The number of hydrogen-bond acceptors (Lipinski definition) is 2. The summed E-state index contributed by atoms with van der Waals surface area (Å²) in [7, 11) is 0. The Morgan fingerprint density at radius 3 is 2.67 bits per heavy atom. The van der Waals surface area contributed by atoms with Gasteiger partial charge in [0.2, 0.25) is 5.91 Å². The van der Waals surface area contributed by atoms with Gasteiger partial charge >= 0.3 is 6.18 Å². The molecule has 1 amide bonds. The maximum atomic E-state index is 12.4. The predicted octanol–water partition coefficient (Wildman–Crippen LogP) is 2.06. The minimum atomic E-state index is -4.36. The largest absolute Gasteiger partial charge is 0.416 e. The highest BCUT2D eigenvalue weighted by Crippen LogP contribution is 2.29. The lowest BCUT2D eigenvalue weighted by Crippen LogP contribution is -2.23. The van der Waals surface area contributed by atoms with Crippen LogP contribution in [0, 0.1) is 0 Å². The summed E-state index contributed by atoms with van der Waals surface area (Å²) in [4.78, 5) is 11.3. The molecule has 6 heteroatoms. The molecule has 0 spiro atoms. The highest BCUT2D eigenvalue weighted by molar-refractivity contribution is 5.75. The lowest BCUT2D eigenvalue weighted by molar-refractivity contribution is -0.137. The quantitative estimate of drug-likeness (QED) is 0.851. The van der Waals surface area contributed by atoms with Gasteiger partial charge in [-0.05, 0) is 30.7 Å². The van der Waals surface area contributed by atoms with Gasteiger partial charge in [0.1, 0.15) is 0 Å². The molecule has 0 bridgehead atoms. The molecular weight excluding hydrogens is 245 g/mol. The number of hydrogen-bond donors (Lipinski definition) is 2. The number of carbonyl (C=O) groups is 1. The Labute approximate surface area is 103 Å². The van der Waals surface area contributed by atoms with Crippen molar-refractivity contribution < 1.29 is 18.0 Å².